The van der Waals surface area contributed by atoms with Crippen molar-refractivity contribution in [2.45, 2.75) is 57.0 Å². The van der Waals surface area contributed by atoms with Gasteiger partial charge in [-0.2, -0.15) is 10.2 Å². The molecular formula is C18H23N5O2. The van der Waals surface area contributed by atoms with Crippen LogP contribution in [0.5, 0.6) is 0 Å². The van der Waals surface area contributed by atoms with Gasteiger partial charge in [0.25, 0.3) is 11.1 Å². The lowest BCUT2D eigenvalue weighted by atomic mass is 9.91. The van der Waals surface area contributed by atoms with E-state index in [2.05, 4.69) is 15.5 Å². The Hall–Kier alpha value is -2.44. The third-order valence-corrected chi connectivity index (χ3v) is 5.34. The van der Waals surface area contributed by atoms with Gasteiger partial charge in [-0.15, -0.1) is 0 Å². The van der Waals surface area contributed by atoms with Crippen LogP contribution in [0.2, 0.25) is 0 Å². The molecule has 0 radical (unpaired) electrons. The third kappa shape index (κ3) is 3.23. The zero-order valence-corrected chi connectivity index (χ0v) is 14.4. The van der Waals surface area contributed by atoms with E-state index in [1.54, 1.807) is 23.9 Å². The summed E-state index contributed by atoms with van der Waals surface area (Å²) < 4.78 is 3.05. The molecule has 7 nitrogen and oxygen atoms in total. The van der Waals surface area contributed by atoms with E-state index in [1.165, 1.54) is 10.7 Å². The number of fused-ring (bicyclic) bond motifs is 1. The summed E-state index contributed by atoms with van der Waals surface area (Å²) in [5.74, 6) is 0.721. The summed E-state index contributed by atoms with van der Waals surface area (Å²) in [7, 11) is 1.65. The van der Waals surface area contributed by atoms with Gasteiger partial charge in [-0.05, 0) is 56.6 Å². The van der Waals surface area contributed by atoms with Crippen LogP contribution in [0, 0.1) is 0 Å². The van der Waals surface area contributed by atoms with Crippen molar-refractivity contribution in [3.8, 4) is 0 Å². The molecule has 7 heteroatoms. The summed E-state index contributed by atoms with van der Waals surface area (Å²) in [6, 6.07) is 5.53. The number of hydrogen-bond acceptors (Lipinski definition) is 5. The van der Waals surface area contributed by atoms with Gasteiger partial charge in [-0.3, -0.25) is 9.59 Å². The minimum atomic E-state index is -0.115. The molecule has 0 bridgehead atoms. The van der Waals surface area contributed by atoms with Crippen molar-refractivity contribution < 1.29 is 0 Å². The van der Waals surface area contributed by atoms with Gasteiger partial charge in [0.1, 0.15) is 5.82 Å². The molecule has 1 fully saturated rings. The molecule has 0 amide bonds. The van der Waals surface area contributed by atoms with Gasteiger partial charge < -0.3 is 5.32 Å². The van der Waals surface area contributed by atoms with Crippen LogP contribution in [0.4, 0.5) is 5.82 Å². The zero-order chi connectivity index (χ0) is 17.4. The summed E-state index contributed by atoms with van der Waals surface area (Å²) in [5.41, 5.74) is 2.17. The summed E-state index contributed by atoms with van der Waals surface area (Å²) >= 11 is 0. The summed E-state index contributed by atoms with van der Waals surface area (Å²) in [6.07, 6.45) is 6.85. The van der Waals surface area contributed by atoms with Crippen LogP contribution >= 0.6 is 0 Å². The molecule has 1 N–H and O–H groups in total. The minimum Gasteiger partial charge on any atom is -0.366 e. The molecule has 25 heavy (non-hydrogen) atoms. The largest absolute Gasteiger partial charge is 0.366 e. The maximum absolute atomic E-state index is 12.4. The zero-order valence-electron chi connectivity index (χ0n) is 14.4. The molecule has 2 aromatic rings. The van der Waals surface area contributed by atoms with Crippen LogP contribution in [-0.2, 0) is 19.9 Å². The Balaban J connectivity index is 1.42. The number of rotatable bonds is 3. The molecule has 132 valence electrons. The van der Waals surface area contributed by atoms with E-state index in [4.69, 9.17) is 0 Å². The van der Waals surface area contributed by atoms with Gasteiger partial charge in [0.2, 0.25) is 0 Å². The molecular weight excluding hydrogens is 318 g/mol. The minimum absolute atomic E-state index is 0.0387. The van der Waals surface area contributed by atoms with Gasteiger partial charge >= 0.3 is 0 Å². The normalized spacial score (nSPS) is 22.6. The predicted octanol–water partition coefficient (Wildman–Crippen LogP) is 1.42. The molecule has 2 aliphatic rings. The highest BCUT2D eigenvalue weighted by atomic mass is 16.1. The van der Waals surface area contributed by atoms with E-state index < -0.39 is 0 Å². The number of nitrogens with zero attached hydrogens (tertiary/aromatic N) is 4. The fraction of sp³-hybridized carbons (Fsp3) is 0.556. The maximum Gasteiger partial charge on any atom is 0.267 e. The second-order valence-corrected chi connectivity index (χ2v) is 7.08. The van der Waals surface area contributed by atoms with Gasteiger partial charge in [0.05, 0.1) is 11.7 Å². The highest BCUT2D eigenvalue weighted by molar-refractivity contribution is 5.33. The van der Waals surface area contributed by atoms with Crippen molar-refractivity contribution in [1.82, 2.24) is 19.6 Å². The standard InChI is InChI=1S/C18H23N5O2/c1-22-17(24)10-9-16(21-22)19-13-5-7-14(8-6-13)23-18(25)11-12-3-2-4-15(12)20-23/h9-11,13-14H,2-8H2,1H3,(H,19,21). The summed E-state index contributed by atoms with van der Waals surface area (Å²) in [6.45, 7) is 0. The van der Waals surface area contributed by atoms with E-state index in [1.807, 2.05) is 0 Å². The van der Waals surface area contributed by atoms with Crippen molar-refractivity contribution >= 4 is 5.82 Å². The summed E-state index contributed by atoms with van der Waals surface area (Å²) in [4.78, 5) is 23.8. The molecule has 0 atom stereocenters. The Labute approximate surface area is 145 Å². The first-order valence-corrected chi connectivity index (χ1v) is 9.02. The fourth-order valence-corrected chi connectivity index (χ4v) is 3.93. The molecule has 0 aromatic carbocycles. The maximum atomic E-state index is 12.4. The van der Waals surface area contributed by atoms with Crippen molar-refractivity contribution in [2.24, 2.45) is 7.05 Å². The van der Waals surface area contributed by atoms with Crippen LogP contribution in [0.15, 0.2) is 27.8 Å². The van der Waals surface area contributed by atoms with Crippen molar-refractivity contribution in [1.29, 1.82) is 0 Å². The molecule has 0 aliphatic heterocycles. The van der Waals surface area contributed by atoms with Crippen LogP contribution in [0.25, 0.3) is 0 Å². The highest BCUT2D eigenvalue weighted by Crippen LogP contribution is 2.29. The van der Waals surface area contributed by atoms with Crippen LogP contribution < -0.4 is 16.4 Å². The quantitative estimate of drug-likeness (QED) is 0.913. The molecule has 4 rings (SSSR count). The molecule has 0 spiro atoms. The second-order valence-electron chi connectivity index (χ2n) is 7.08. The number of aromatic nitrogens is 4. The number of nitrogens with one attached hydrogen (secondary N) is 1. The van der Waals surface area contributed by atoms with Gasteiger partial charge in [0.15, 0.2) is 0 Å². The first kappa shape index (κ1) is 16.1. The predicted molar refractivity (Wildman–Crippen MR) is 94.9 cm³/mol. The lowest BCUT2D eigenvalue weighted by Crippen LogP contribution is -2.34. The molecule has 2 aliphatic carbocycles. The van der Waals surface area contributed by atoms with E-state index in [-0.39, 0.29) is 17.2 Å². The van der Waals surface area contributed by atoms with E-state index in [0.29, 0.717) is 6.04 Å². The second kappa shape index (κ2) is 6.46. The van der Waals surface area contributed by atoms with E-state index in [0.717, 1.165) is 62.0 Å². The molecule has 0 unspecified atom stereocenters. The Morgan fingerprint density at radius 2 is 1.84 bits per heavy atom. The Bertz CT molecular complexity index is 893. The van der Waals surface area contributed by atoms with Crippen LogP contribution in [0.1, 0.15) is 49.4 Å². The SMILES string of the molecule is Cn1nc(NC2CCC(n3nc4c(cc3=O)CCC4)CC2)ccc1=O. The molecule has 2 heterocycles. The fourth-order valence-electron chi connectivity index (χ4n) is 3.93. The smallest absolute Gasteiger partial charge is 0.267 e. The average molecular weight is 341 g/mol. The Kier molecular flexibility index (Phi) is 4.15. The summed E-state index contributed by atoms with van der Waals surface area (Å²) in [5, 5.41) is 12.3. The lowest BCUT2D eigenvalue weighted by Gasteiger charge is -2.30. The molecule has 1 saturated carbocycles. The van der Waals surface area contributed by atoms with Crippen molar-refractivity contribution in [3.05, 3.63) is 50.2 Å². The van der Waals surface area contributed by atoms with Crippen molar-refractivity contribution in [2.75, 3.05) is 5.32 Å². The van der Waals surface area contributed by atoms with Crippen LogP contribution in [0.3, 0.4) is 0 Å². The van der Waals surface area contributed by atoms with E-state index >= 15 is 0 Å². The van der Waals surface area contributed by atoms with E-state index in [9.17, 15) is 9.59 Å². The number of hydrogen-bond donors (Lipinski definition) is 1. The first-order valence-electron chi connectivity index (χ1n) is 9.02. The van der Waals surface area contributed by atoms with Gasteiger partial charge in [-0.25, -0.2) is 9.36 Å². The highest BCUT2D eigenvalue weighted by Gasteiger charge is 2.25. The Morgan fingerprint density at radius 1 is 1.04 bits per heavy atom. The topological polar surface area (TPSA) is 81.8 Å². The monoisotopic (exact) mass is 341 g/mol. The Morgan fingerprint density at radius 3 is 2.60 bits per heavy atom. The van der Waals surface area contributed by atoms with Gasteiger partial charge in [0, 0.05) is 25.2 Å². The third-order valence-electron chi connectivity index (χ3n) is 5.34. The first-order chi connectivity index (χ1) is 12.1. The number of anilines is 1. The van der Waals surface area contributed by atoms with Crippen molar-refractivity contribution in [3.63, 3.8) is 0 Å². The number of aryl methyl sites for hydroxylation is 3. The average Bonchev–Trinajstić information content (AvgIpc) is 3.05. The van der Waals surface area contributed by atoms with Crippen LogP contribution in [-0.4, -0.2) is 25.6 Å². The molecule has 2 aromatic heterocycles. The lowest BCUT2D eigenvalue weighted by molar-refractivity contribution is 0.301. The van der Waals surface area contributed by atoms with Gasteiger partial charge in [-0.1, -0.05) is 0 Å². The molecule has 0 saturated heterocycles.